The van der Waals surface area contributed by atoms with Crippen molar-refractivity contribution in [3.05, 3.63) is 29.8 Å². The first kappa shape index (κ1) is 17.5. The van der Waals surface area contributed by atoms with Gasteiger partial charge in [0.05, 0.1) is 6.61 Å². The van der Waals surface area contributed by atoms with Crippen LogP contribution in [-0.2, 0) is 4.79 Å². The molecule has 1 unspecified atom stereocenters. The van der Waals surface area contributed by atoms with Gasteiger partial charge in [0.2, 0.25) is 5.91 Å². The summed E-state index contributed by atoms with van der Waals surface area (Å²) in [5.41, 5.74) is 6.51. The van der Waals surface area contributed by atoms with Crippen LogP contribution >= 0.6 is 0 Å². The van der Waals surface area contributed by atoms with Gasteiger partial charge in [0, 0.05) is 25.1 Å². The highest BCUT2D eigenvalue weighted by Crippen LogP contribution is 2.28. The summed E-state index contributed by atoms with van der Waals surface area (Å²) in [6.45, 7) is 6.35. The summed E-state index contributed by atoms with van der Waals surface area (Å²) >= 11 is 0. The predicted molar refractivity (Wildman–Crippen MR) is 89.5 cm³/mol. The zero-order chi connectivity index (χ0) is 16.9. The Hall–Kier alpha value is -1.88. The number of carbonyl (C=O) groups is 2. The maximum Gasteiger partial charge on any atom is 0.222 e. The van der Waals surface area contributed by atoms with Crippen molar-refractivity contribution in [3.63, 3.8) is 0 Å². The van der Waals surface area contributed by atoms with Gasteiger partial charge >= 0.3 is 0 Å². The number of amides is 1. The molecule has 2 rings (SSSR count). The van der Waals surface area contributed by atoms with Gasteiger partial charge in [0.25, 0.3) is 0 Å². The van der Waals surface area contributed by atoms with Crippen LogP contribution in [0, 0.1) is 5.41 Å². The molecule has 1 atom stereocenters. The van der Waals surface area contributed by atoms with E-state index < -0.39 is 0 Å². The van der Waals surface area contributed by atoms with Crippen LogP contribution in [-0.4, -0.2) is 42.8 Å². The molecule has 1 aliphatic heterocycles. The molecule has 5 heteroatoms. The van der Waals surface area contributed by atoms with Gasteiger partial charge in [-0.2, -0.15) is 0 Å². The molecule has 0 aromatic heterocycles. The normalized spacial score (nSPS) is 20.6. The second-order valence-corrected chi connectivity index (χ2v) is 6.61. The molecule has 0 spiro atoms. The Morgan fingerprint density at radius 1 is 1.30 bits per heavy atom. The van der Waals surface area contributed by atoms with Crippen LogP contribution in [0.4, 0.5) is 0 Å². The Morgan fingerprint density at radius 3 is 2.57 bits per heavy atom. The Kier molecular flexibility index (Phi) is 5.77. The van der Waals surface area contributed by atoms with Crippen LogP contribution in [0.3, 0.4) is 0 Å². The predicted octanol–water partition coefficient (Wildman–Crippen LogP) is 2.25. The number of rotatable bonds is 7. The number of likely N-dealkylation sites (tertiary alicyclic amines) is 1. The standard InChI is InChI=1S/C18H26N2O3/c1-14(21)15-5-7-16(8-6-15)23-11-3-4-17(22)20-10-9-18(2,12-19)13-20/h5-8H,3-4,9-13,19H2,1-2H3. The lowest BCUT2D eigenvalue weighted by Gasteiger charge is -2.22. The molecule has 1 heterocycles. The van der Waals surface area contributed by atoms with Gasteiger partial charge in [0.15, 0.2) is 5.78 Å². The highest BCUT2D eigenvalue weighted by molar-refractivity contribution is 5.94. The first-order valence-electron chi connectivity index (χ1n) is 8.15. The molecule has 1 amide bonds. The molecule has 1 aliphatic rings. The minimum absolute atomic E-state index is 0.0391. The van der Waals surface area contributed by atoms with Crippen molar-refractivity contribution in [1.82, 2.24) is 4.90 Å². The van der Waals surface area contributed by atoms with Gasteiger partial charge in [-0.05, 0) is 56.0 Å². The minimum atomic E-state index is 0.0391. The van der Waals surface area contributed by atoms with E-state index in [0.29, 0.717) is 31.6 Å². The molecule has 1 fully saturated rings. The highest BCUT2D eigenvalue weighted by Gasteiger charge is 2.34. The maximum absolute atomic E-state index is 12.2. The van der Waals surface area contributed by atoms with Crippen LogP contribution in [0.25, 0.3) is 0 Å². The molecular weight excluding hydrogens is 292 g/mol. The number of carbonyl (C=O) groups excluding carboxylic acids is 2. The summed E-state index contributed by atoms with van der Waals surface area (Å²) in [5, 5.41) is 0. The van der Waals surface area contributed by atoms with Crippen molar-refractivity contribution in [2.24, 2.45) is 11.1 Å². The fourth-order valence-electron chi connectivity index (χ4n) is 2.76. The van der Waals surface area contributed by atoms with Crippen molar-refractivity contribution in [1.29, 1.82) is 0 Å². The smallest absolute Gasteiger partial charge is 0.222 e. The lowest BCUT2D eigenvalue weighted by atomic mass is 9.90. The summed E-state index contributed by atoms with van der Waals surface area (Å²) in [6.07, 6.45) is 2.16. The van der Waals surface area contributed by atoms with E-state index in [2.05, 4.69) is 6.92 Å². The summed E-state index contributed by atoms with van der Waals surface area (Å²) in [5.74, 6) is 0.939. The van der Waals surface area contributed by atoms with E-state index in [-0.39, 0.29) is 17.1 Å². The van der Waals surface area contributed by atoms with Gasteiger partial charge in [0.1, 0.15) is 5.75 Å². The topological polar surface area (TPSA) is 72.6 Å². The Morgan fingerprint density at radius 2 is 2.00 bits per heavy atom. The second-order valence-electron chi connectivity index (χ2n) is 6.61. The molecule has 1 saturated heterocycles. The van der Waals surface area contributed by atoms with Crippen LogP contribution in [0.1, 0.15) is 43.5 Å². The van der Waals surface area contributed by atoms with E-state index in [1.54, 1.807) is 24.3 Å². The number of ether oxygens (including phenoxy) is 1. The van der Waals surface area contributed by atoms with Crippen molar-refractivity contribution in [2.75, 3.05) is 26.2 Å². The molecule has 2 N–H and O–H groups in total. The van der Waals surface area contributed by atoms with Crippen LogP contribution in [0.15, 0.2) is 24.3 Å². The zero-order valence-electron chi connectivity index (χ0n) is 14.0. The van der Waals surface area contributed by atoms with Crippen molar-refractivity contribution in [3.8, 4) is 5.75 Å². The number of Topliss-reactive ketones (excluding diaryl/α,β-unsaturated/α-hetero) is 1. The molecule has 126 valence electrons. The number of ketones is 1. The minimum Gasteiger partial charge on any atom is -0.494 e. The van der Waals surface area contributed by atoms with Crippen LogP contribution in [0.2, 0.25) is 0 Å². The quantitative estimate of drug-likeness (QED) is 0.618. The van der Waals surface area contributed by atoms with E-state index in [0.717, 1.165) is 25.3 Å². The van der Waals surface area contributed by atoms with Gasteiger partial charge in [-0.1, -0.05) is 6.92 Å². The molecule has 1 aromatic rings. The van der Waals surface area contributed by atoms with Gasteiger partial charge in [-0.25, -0.2) is 0 Å². The fraction of sp³-hybridized carbons (Fsp3) is 0.556. The second kappa shape index (κ2) is 7.59. The average molecular weight is 318 g/mol. The van der Waals surface area contributed by atoms with E-state index >= 15 is 0 Å². The first-order valence-corrected chi connectivity index (χ1v) is 8.15. The van der Waals surface area contributed by atoms with E-state index in [9.17, 15) is 9.59 Å². The molecule has 0 bridgehead atoms. The van der Waals surface area contributed by atoms with Crippen molar-refractivity contribution in [2.45, 2.75) is 33.1 Å². The number of benzene rings is 1. The number of hydrogen-bond donors (Lipinski definition) is 1. The maximum atomic E-state index is 12.2. The summed E-state index contributed by atoms with van der Waals surface area (Å²) in [6, 6.07) is 7.07. The molecule has 0 saturated carbocycles. The molecule has 0 radical (unpaired) electrons. The van der Waals surface area contributed by atoms with Gasteiger partial charge in [-0.3, -0.25) is 9.59 Å². The number of nitrogens with zero attached hydrogens (tertiary/aromatic N) is 1. The fourth-order valence-corrected chi connectivity index (χ4v) is 2.76. The summed E-state index contributed by atoms with van der Waals surface area (Å²) < 4.78 is 5.61. The molecule has 23 heavy (non-hydrogen) atoms. The third-order valence-electron chi connectivity index (χ3n) is 4.47. The molecule has 1 aromatic carbocycles. The van der Waals surface area contributed by atoms with Crippen molar-refractivity contribution < 1.29 is 14.3 Å². The number of hydrogen-bond acceptors (Lipinski definition) is 4. The Labute approximate surface area is 137 Å². The average Bonchev–Trinajstić information content (AvgIpc) is 2.95. The molecule has 0 aliphatic carbocycles. The third kappa shape index (κ3) is 4.79. The highest BCUT2D eigenvalue weighted by atomic mass is 16.5. The van der Waals surface area contributed by atoms with E-state index in [1.165, 1.54) is 6.92 Å². The Bertz CT molecular complexity index is 556. The van der Waals surface area contributed by atoms with Gasteiger partial charge < -0.3 is 15.4 Å². The molecule has 5 nitrogen and oxygen atoms in total. The summed E-state index contributed by atoms with van der Waals surface area (Å²) in [4.78, 5) is 25.3. The SMILES string of the molecule is CC(=O)c1ccc(OCCCC(=O)N2CCC(C)(CN)C2)cc1. The summed E-state index contributed by atoms with van der Waals surface area (Å²) in [7, 11) is 0. The monoisotopic (exact) mass is 318 g/mol. The Balaban J connectivity index is 1.69. The zero-order valence-corrected chi connectivity index (χ0v) is 14.0. The van der Waals surface area contributed by atoms with Crippen molar-refractivity contribution >= 4 is 11.7 Å². The largest absolute Gasteiger partial charge is 0.494 e. The van der Waals surface area contributed by atoms with Crippen LogP contribution < -0.4 is 10.5 Å². The van der Waals surface area contributed by atoms with Gasteiger partial charge in [-0.15, -0.1) is 0 Å². The van der Waals surface area contributed by atoms with E-state index in [1.807, 2.05) is 4.90 Å². The van der Waals surface area contributed by atoms with Crippen LogP contribution in [0.5, 0.6) is 5.75 Å². The lowest BCUT2D eigenvalue weighted by molar-refractivity contribution is -0.130. The third-order valence-corrected chi connectivity index (χ3v) is 4.47. The molecular formula is C18H26N2O3. The van der Waals surface area contributed by atoms with E-state index in [4.69, 9.17) is 10.5 Å². The first-order chi connectivity index (χ1) is 10.9. The lowest BCUT2D eigenvalue weighted by Crippen LogP contribution is -2.34. The number of nitrogens with two attached hydrogens (primary N) is 1.